The van der Waals surface area contributed by atoms with Crippen LogP contribution in [-0.2, 0) is 20.7 Å². The number of benzene rings is 3. The average molecular weight is 485 g/mol. The summed E-state index contributed by atoms with van der Waals surface area (Å²) in [5, 5.41) is 4.55. The fourth-order valence-corrected chi connectivity index (χ4v) is 3.91. The number of carbonyl (C=O) groups excluding carboxylic acids is 2. The number of amides is 1. The Balaban J connectivity index is 1.16. The number of rotatable bonds is 8. The summed E-state index contributed by atoms with van der Waals surface area (Å²) in [4.78, 5) is 28.8. The molecule has 2 heterocycles. The highest BCUT2D eigenvalue weighted by molar-refractivity contribution is 6.07. The molecular weight excluding hydrogens is 460 g/mol. The number of esters is 1. The van der Waals surface area contributed by atoms with Crippen LogP contribution in [0.4, 0.5) is 5.69 Å². The summed E-state index contributed by atoms with van der Waals surface area (Å²) < 4.78 is 22.2. The minimum absolute atomic E-state index is 0.0371. The number of oxazole rings is 1. The van der Waals surface area contributed by atoms with Gasteiger partial charge in [0.25, 0.3) is 5.91 Å². The molecule has 1 amide bonds. The van der Waals surface area contributed by atoms with Crippen molar-refractivity contribution in [2.75, 3.05) is 19.0 Å². The van der Waals surface area contributed by atoms with Crippen molar-refractivity contribution in [2.45, 2.75) is 19.8 Å². The third-order valence-electron chi connectivity index (χ3n) is 5.77. The van der Waals surface area contributed by atoms with Crippen LogP contribution in [0.2, 0.25) is 0 Å². The lowest BCUT2D eigenvalue weighted by Crippen LogP contribution is -2.21. The molecule has 0 bridgehead atoms. The van der Waals surface area contributed by atoms with Gasteiger partial charge in [0.1, 0.15) is 16.9 Å². The first-order valence-electron chi connectivity index (χ1n) is 11.5. The van der Waals surface area contributed by atoms with E-state index in [1.54, 1.807) is 12.3 Å². The zero-order valence-electron chi connectivity index (χ0n) is 19.9. The van der Waals surface area contributed by atoms with Gasteiger partial charge in [0.05, 0.1) is 25.4 Å². The fourth-order valence-electron chi connectivity index (χ4n) is 3.91. The van der Waals surface area contributed by atoms with E-state index in [0.29, 0.717) is 28.7 Å². The fraction of sp³-hybridized carbons (Fsp3) is 0.179. The van der Waals surface area contributed by atoms with E-state index < -0.39 is 18.5 Å². The first-order valence-corrected chi connectivity index (χ1v) is 11.5. The van der Waals surface area contributed by atoms with E-state index in [1.165, 1.54) is 7.11 Å². The van der Waals surface area contributed by atoms with Gasteiger partial charge in [-0.05, 0) is 19.1 Å². The van der Waals surface area contributed by atoms with Gasteiger partial charge < -0.3 is 23.6 Å². The Morgan fingerprint density at radius 3 is 2.58 bits per heavy atom. The molecule has 0 aliphatic carbocycles. The van der Waals surface area contributed by atoms with Crippen LogP contribution < -0.4 is 10.1 Å². The van der Waals surface area contributed by atoms with Crippen LogP contribution in [0.25, 0.3) is 33.3 Å². The summed E-state index contributed by atoms with van der Waals surface area (Å²) in [7, 11) is 1.52. The topological polar surface area (TPSA) is 104 Å². The van der Waals surface area contributed by atoms with Crippen LogP contribution in [0.15, 0.2) is 75.7 Å². The van der Waals surface area contributed by atoms with Gasteiger partial charge in [-0.3, -0.25) is 9.59 Å². The van der Waals surface area contributed by atoms with Crippen molar-refractivity contribution in [3.8, 4) is 17.1 Å². The summed E-state index contributed by atoms with van der Waals surface area (Å²) in [6, 6.07) is 19.0. The number of ether oxygens (including phenoxy) is 2. The number of furan rings is 1. The molecule has 8 heteroatoms. The number of methoxy groups -OCH3 is 1. The van der Waals surface area contributed by atoms with Gasteiger partial charge in [0.15, 0.2) is 18.3 Å². The quantitative estimate of drug-likeness (QED) is 0.283. The molecule has 0 aliphatic heterocycles. The molecule has 0 fully saturated rings. The van der Waals surface area contributed by atoms with Crippen LogP contribution in [-0.4, -0.2) is 30.6 Å². The van der Waals surface area contributed by atoms with Gasteiger partial charge in [-0.15, -0.1) is 0 Å². The standard InChI is InChI=1S/C28H24N2O6/c1-17-7-9-18(10-8-17)25-15-29-27(36-25)11-12-28(32)34-16-26(31)30-21-14-23-20(13-24(21)33-2)19-5-3-4-6-22(19)35-23/h3-10,13-15H,11-12,16H2,1-2H3,(H,30,31). The third-order valence-corrected chi connectivity index (χ3v) is 5.77. The second-order valence-corrected chi connectivity index (χ2v) is 8.34. The lowest BCUT2D eigenvalue weighted by molar-refractivity contribution is -0.147. The number of carbonyl (C=O) groups is 2. The van der Waals surface area contributed by atoms with Gasteiger partial charge in [0.2, 0.25) is 0 Å². The predicted octanol–water partition coefficient (Wildman–Crippen LogP) is 5.67. The molecule has 3 aromatic carbocycles. The maximum atomic E-state index is 12.4. The van der Waals surface area contributed by atoms with E-state index in [2.05, 4.69) is 10.3 Å². The van der Waals surface area contributed by atoms with Crippen LogP contribution in [0, 0.1) is 6.92 Å². The van der Waals surface area contributed by atoms with Crippen molar-refractivity contribution in [2.24, 2.45) is 0 Å². The highest BCUT2D eigenvalue weighted by Crippen LogP contribution is 2.36. The molecule has 0 atom stereocenters. The molecule has 0 saturated heterocycles. The minimum atomic E-state index is -0.528. The molecule has 182 valence electrons. The van der Waals surface area contributed by atoms with E-state index >= 15 is 0 Å². The molecule has 5 aromatic rings. The van der Waals surface area contributed by atoms with E-state index in [0.717, 1.165) is 27.5 Å². The molecule has 1 N–H and O–H groups in total. The van der Waals surface area contributed by atoms with E-state index in [9.17, 15) is 9.59 Å². The zero-order chi connectivity index (χ0) is 25.1. The van der Waals surface area contributed by atoms with Crippen LogP contribution in [0.1, 0.15) is 17.9 Å². The second kappa shape index (κ2) is 9.95. The van der Waals surface area contributed by atoms with E-state index in [4.69, 9.17) is 18.3 Å². The van der Waals surface area contributed by atoms with Crippen molar-refractivity contribution in [3.63, 3.8) is 0 Å². The number of nitrogens with one attached hydrogen (secondary N) is 1. The Kier molecular flexibility index (Phi) is 6.40. The number of anilines is 1. The largest absolute Gasteiger partial charge is 0.495 e. The molecule has 36 heavy (non-hydrogen) atoms. The highest BCUT2D eigenvalue weighted by atomic mass is 16.5. The molecule has 0 aliphatic rings. The maximum Gasteiger partial charge on any atom is 0.306 e. The number of aromatic nitrogens is 1. The summed E-state index contributed by atoms with van der Waals surface area (Å²) in [5.41, 5.74) is 3.84. The first-order chi connectivity index (χ1) is 17.5. The molecule has 0 unspecified atom stereocenters. The molecule has 2 aromatic heterocycles. The SMILES string of the molecule is COc1cc2c(cc1NC(=O)COC(=O)CCc1ncc(-c3ccc(C)cc3)o1)oc1ccccc12. The molecule has 8 nitrogen and oxygen atoms in total. The molecule has 0 saturated carbocycles. The normalized spacial score (nSPS) is 11.1. The lowest BCUT2D eigenvalue weighted by Gasteiger charge is -2.10. The monoisotopic (exact) mass is 484 g/mol. The number of para-hydroxylation sites is 1. The van der Waals surface area contributed by atoms with Crippen molar-refractivity contribution >= 4 is 39.5 Å². The smallest absolute Gasteiger partial charge is 0.306 e. The number of aryl methyl sites for hydroxylation is 2. The predicted molar refractivity (Wildman–Crippen MR) is 135 cm³/mol. The number of nitrogens with zero attached hydrogens (tertiary/aromatic N) is 1. The lowest BCUT2D eigenvalue weighted by atomic mass is 10.1. The van der Waals surface area contributed by atoms with E-state index in [-0.39, 0.29) is 12.8 Å². The number of hydrogen-bond acceptors (Lipinski definition) is 7. The number of fused-ring (bicyclic) bond motifs is 3. The summed E-state index contributed by atoms with van der Waals surface area (Å²) in [5.74, 6) is 0.515. The van der Waals surface area contributed by atoms with Gasteiger partial charge in [-0.25, -0.2) is 4.98 Å². The molecule has 0 spiro atoms. The van der Waals surface area contributed by atoms with Gasteiger partial charge in [-0.1, -0.05) is 48.0 Å². The van der Waals surface area contributed by atoms with Gasteiger partial charge in [0, 0.05) is 28.8 Å². The Morgan fingerprint density at radius 2 is 1.78 bits per heavy atom. The first kappa shape index (κ1) is 23.2. The zero-order valence-corrected chi connectivity index (χ0v) is 19.9. The average Bonchev–Trinajstić information content (AvgIpc) is 3.50. The van der Waals surface area contributed by atoms with Crippen molar-refractivity contribution in [3.05, 3.63) is 78.3 Å². The Morgan fingerprint density at radius 1 is 0.972 bits per heavy atom. The highest BCUT2D eigenvalue weighted by Gasteiger charge is 2.16. The van der Waals surface area contributed by atoms with E-state index in [1.807, 2.05) is 61.5 Å². The minimum Gasteiger partial charge on any atom is -0.495 e. The second-order valence-electron chi connectivity index (χ2n) is 8.34. The van der Waals surface area contributed by atoms with Crippen molar-refractivity contribution < 1.29 is 27.9 Å². The van der Waals surface area contributed by atoms with Crippen LogP contribution >= 0.6 is 0 Å². The Hall–Kier alpha value is -4.59. The van der Waals surface area contributed by atoms with Crippen LogP contribution in [0.5, 0.6) is 5.75 Å². The maximum absolute atomic E-state index is 12.4. The molecule has 5 rings (SSSR count). The summed E-state index contributed by atoms with van der Waals surface area (Å²) >= 11 is 0. The number of hydrogen-bond donors (Lipinski definition) is 1. The van der Waals surface area contributed by atoms with Crippen LogP contribution in [0.3, 0.4) is 0 Å². The Bertz CT molecular complexity index is 1550. The third kappa shape index (κ3) is 4.93. The van der Waals surface area contributed by atoms with Crippen molar-refractivity contribution in [1.82, 2.24) is 4.98 Å². The van der Waals surface area contributed by atoms with Gasteiger partial charge >= 0.3 is 5.97 Å². The summed E-state index contributed by atoms with van der Waals surface area (Å²) in [6.45, 7) is 1.58. The summed E-state index contributed by atoms with van der Waals surface area (Å²) in [6.07, 6.45) is 1.93. The molecule has 0 radical (unpaired) electrons. The van der Waals surface area contributed by atoms with Gasteiger partial charge in [-0.2, -0.15) is 0 Å². The Labute approximate surface area is 206 Å². The van der Waals surface area contributed by atoms with Crippen molar-refractivity contribution in [1.29, 1.82) is 0 Å². The molecular formula is C28H24N2O6.